The molecule has 5 heteroatoms. The number of methoxy groups -OCH3 is 1. The van der Waals surface area contributed by atoms with Crippen molar-refractivity contribution >= 4 is 22.4 Å². The number of ether oxygens (including phenoxy) is 1. The third-order valence-electron chi connectivity index (χ3n) is 4.89. The zero-order valence-corrected chi connectivity index (χ0v) is 14.8. The van der Waals surface area contributed by atoms with Crippen molar-refractivity contribution in [2.45, 2.75) is 19.4 Å². The smallest absolute Gasteiger partial charge is 0.239 e. The Hall–Kier alpha value is -2.27. The SMILES string of the molecule is COc1ccc2[nH]cc(C3=CCN(C(=O)[C@H](C)N(C)C)CC3)c2c1. The standard InChI is InChI=1S/C19H25N3O2/c1-13(21(2)3)19(23)22-9-7-14(8-10-22)17-12-20-18-6-5-15(24-4)11-16(17)18/h5-7,11-13,20H,8-10H2,1-4H3/t13-/m0/s1. The van der Waals surface area contributed by atoms with Crippen molar-refractivity contribution in [2.24, 2.45) is 0 Å². The van der Waals surface area contributed by atoms with Crippen LogP contribution in [0.15, 0.2) is 30.5 Å². The van der Waals surface area contributed by atoms with Crippen LogP contribution in [0.5, 0.6) is 5.75 Å². The third-order valence-corrected chi connectivity index (χ3v) is 4.89. The van der Waals surface area contributed by atoms with E-state index in [2.05, 4.69) is 23.3 Å². The molecule has 2 aromatic rings. The van der Waals surface area contributed by atoms with Crippen LogP contribution in [-0.4, -0.2) is 61.0 Å². The van der Waals surface area contributed by atoms with Crippen LogP contribution in [-0.2, 0) is 4.79 Å². The summed E-state index contributed by atoms with van der Waals surface area (Å²) in [6, 6.07) is 5.97. The Morgan fingerprint density at radius 3 is 2.79 bits per heavy atom. The van der Waals surface area contributed by atoms with Gasteiger partial charge >= 0.3 is 0 Å². The molecule has 24 heavy (non-hydrogen) atoms. The number of benzene rings is 1. The average Bonchev–Trinajstić information content (AvgIpc) is 3.03. The van der Waals surface area contributed by atoms with Crippen LogP contribution in [0.25, 0.3) is 16.5 Å². The second kappa shape index (κ2) is 6.69. The number of amides is 1. The van der Waals surface area contributed by atoms with Crippen molar-refractivity contribution < 1.29 is 9.53 Å². The Labute approximate surface area is 142 Å². The van der Waals surface area contributed by atoms with E-state index in [1.54, 1.807) is 7.11 Å². The van der Waals surface area contributed by atoms with E-state index in [-0.39, 0.29) is 11.9 Å². The molecule has 0 saturated carbocycles. The van der Waals surface area contributed by atoms with Crippen molar-refractivity contribution in [1.29, 1.82) is 0 Å². The number of aromatic nitrogens is 1. The van der Waals surface area contributed by atoms with Crippen molar-refractivity contribution in [2.75, 3.05) is 34.3 Å². The number of carbonyl (C=O) groups excluding carboxylic acids is 1. The molecular weight excluding hydrogens is 302 g/mol. The van der Waals surface area contributed by atoms with Gasteiger partial charge < -0.3 is 14.6 Å². The van der Waals surface area contributed by atoms with Gasteiger partial charge in [-0.05, 0) is 51.2 Å². The molecule has 0 unspecified atom stereocenters. The van der Waals surface area contributed by atoms with Gasteiger partial charge in [-0.15, -0.1) is 0 Å². The van der Waals surface area contributed by atoms with E-state index in [0.717, 1.165) is 24.2 Å². The lowest BCUT2D eigenvalue weighted by Gasteiger charge is -2.31. The first kappa shape index (κ1) is 16.6. The normalized spacial score (nSPS) is 16.4. The van der Waals surface area contributed by atoms with E-state index in [0.29, 0.717) is 6.54 Å². The first-order valence-corrected chi connectivity index (χ1v) is 8.31. The molecule has 1 aromatic heterocycles. The number of hydrogen-bond donors (Lipinski definition) is 1. The van der Waals surface area contributed by atoms with Crippen molar-refractivity contribution in [3.63, 3.8) is 0 Å². The molecule has 1 N–H and O–H groups in total. The minimum Gasteiger partial charge on any atom is -0.497 e. The van der Waals surface area contributed by atoms with Crippen molar-refractivity contribution in [3.05, 3.63) is 36.0 Å². The molecule has 1 aromatic carbocycles. The minimum atomic E-state index is -0.0858. The molecule has 3 rings (SSSR count). The largest absolute Gasteiger partial charge is 0.497 e. The van der Waals surface area contributed by atoms with Gasteiger partial charge in [0.15, 0.2) is 0 Å². The fraction of sp³-hybridized carbons (Fsp3) is 0.421. The Balaban J connectivity index is 1.81. The summed E-state index contributed by atoms with van der Waals surface area (Å²) < 4.78 is 5.34. The zero-order valence-electron chi connectivity index (χ0n) is 14.8. The molecule has 2 heterocycles. The molecule has 5 nitrogen and oxygen atoms in total. The van der Waals surface area contributed by atoms with Gasteiger partial charge in [0.25, 0.3) is 0 Å². The molecule has 1 aliphatic heterocycles. The van der Waals surface area contributed by atoms with Crippen LogP contribution in [0.2, 0.25) is 0 Å². The summed E-state index contributed by atoms with van der Waals surface area (Å²) >= 11 is 0. The lowest BCUT2D eigenvalue weighted by molar-refractivity contribution is -0.135. The predicted molar refractivity (Wildman–Crippen MR) is 97.2 cm³/mol. The van der Waals surface area contributed by atoms with Crippen LogP contribution < -0.4 is 4.74 Å². The Morgan fingerprint density at radius 2 is 2.17 bits per heavy atom. The van der Waals surface area contributed by atoms with Gasteiger partial charge in [-0.2, -0.15) is 0 Å². The van der Waals surface area contributed by atoms with Gasteiger partial charge in [0, 0.05) is 35.8 Å². The molecule has 0 aliphatic carbocycles. The minimum absolute atomic E-state index is 0.0858. The summed E-state index contributed by atoms with van der Waals surface area (Å²) in [5.74, 6) is 1.05. The Morgan fingerprint density at radius 1 is 1.38 bits per heavy atom. The zero-order chi connectivity index (χ0) is 17.3. The molecule has 1 aliphatic rings. The van der Waals surface area contributed by atoms with E-state index in [9.17, 15) is 4.79 Å². The number of nitrogens with one attached hydrogen (secondary N) is 1. The van der Waals surface area contributed by atoms with Crippen LogP contribution >= 0.6 is 0 Å². The summed E-state index contributed by atoms with van der Waals surface area (Å²) in [6.07, 6.45) is 5.10. The van der Waals surface area contributed by atoms with Gasteiger partial charge in [0.2, 0.25) is 5.91 Å². The maximum absolute atomic E-state index is 12.5. The number of likely N-dealkylation sites (N-methyl/N-ethyl adjacent to an activating group) is 1. The van der Waals surface area contributed by atoms with E-state index < -0.39 is 0 Å². The maximum Gasteiger partial charge on any atom is 0.239 e. The number of H-pyrrole nitrogens is 1. The lowest BCUT2D eigenvalue weighted by Crippen LogP contribution is -2.45. The second-order valence-corrected chi connectivity index (χ2v) is 6.52. The number of fused-ring (bicyclic) bond motifs is 1. The quantitative estimate of drug-likeness (QED) is 0.939. The molecular formula is C19H25N3O2. The van der Waals surface area contributed by atoms with Crippen LogP contribution in [0.3, 0.4) is 0 Å². The average molecular weight is 327 g/mol. The Kier molecular flexibility index (Phi) is 4.62. The Bertz CT molecular complexity index is 776. The molecule has 128 valence electrons. The van der Waals surface area contributed by atoms with Crippen molar-refractivity contribution in [1.82, 2.24) is 14.8 Å². The molecule has 0 radical (unpaired) electrons. The predicted octanol–water partition coefficient (Wildman–Crippen LogP) is 2.74. The van der Waals surface area contributed by atoms with Gasteiger partial charge in [-0.1, -0.05) is 6.08 Å². The van der Waals surface area contributed by atoms with E-state index >= 15 is 0 Å². The second-order valence-electron chi connectivity index (χ2n) is 6.52. The molecule has 0 fully saturated rings. The van der Waals surface area contributed by atoms with Crippen LogP contribution in [0.4, 0.5) is 0 Å². The fourth-order valence-electron chi connectivity index (χ4n) is 3.09. The molecule has 0 saturated heterocycles. The lowest BCUT2D eigenvalue weighted by atomic mass is 9.98. The highest BCUT2D eigenvalue weighted by Gasteiger charge is 2.24. The van der Waals surface area contributed by atoms with Crippen LogP contribution in [0, 0.1) is 0 Å². The first-order chi connectivity index (χ1) is 11.5. The summed E-state index contributed by atoms with van der Waals surface area (Å²) in [5.41, 5.74) is 3.60. The van der Waals surface area contributed by atoms with Gasteiger partial charge in [-0.3, -0.25) is 9.69 Å². The van der Waals surface area contributed by atoms with Crippen LogP contribution in [0.1, 0.15) is 18.9 Å². The third kappa shape index (κ3) is 3.04. The van der Waals surface area contributed by atoms with Gasteiger partial charge in [0.05, 0.1) is 13.2 Å². The summed E-state index contributed by atoms with van der Waals surface area (Å²) in [4.78, 5) is 19.7. The molecule has 0 spiro atoms. The number of hydrogen-bond acceptors (Lipinski definition) is 3. The molecule has 1 amide bonds. The monoisotopic (exact) mass is 327 g/mol. The topological polar surface area (TPSA) is 48.6 Å². The van der Waals surface area contributed by atoms with E-state index in [1.807, 2.05) is 43.0 Å². The maximum atomic E-state index is 12.5. The number of rotatable bonds is 4. The first-order valence-electron chi connectivity index (χ1n) is 8.31. The number of nitrogens with zero attached hydrogens (tertiary/aromatic N) is 2. The van der Waals surface area contributed by atoms with E-state index in [4.69, 9.17) is 4.74 Å². The summed E-state index contributed by atoms with van der Waals surface area (Å²) in [7, 11) is 5.56. The van der Waals surface area contributed by atoms with Gasteiger partial charge in [0.1, 0.15) is 5.75 Å². The van der Waals surface area contributed by atoms with Crippen molar-refractivity contribution in [3.8, 4) is 5.75 Å². The molecule has 0 bridgehead atoms. The fourth-order valence-corrected chi connectivity index (χ4v) is 3.09. The number of aromatic amines is 1. The highest BCUT2D eigenvalue weighted by Crippen LogP contribution is 2.31. The summed E-state index contributed by atoms with van der Waals surface area (Å²) in [5, 5.41) is 1.17. The highest BCUT2D eigenvalue weighted by atomic mass is 16.5. The summed E-state index contributed by atoms with van der Waals surface area (Å²) in [6.45, 7) is 3.38. The molecule has 1 atom stereocenters. The van der Waals surface area contributed by atoms with E-state index in [1.165, 1.54) is 16.5 Å². The highest BCUT2D eigenvalue weighted by molar-refractivity contribution is 5.94. The van der Waals surface area contributed by atoms with Gasteiger partial charge in [-0.25, -0.2) is 0 Å². The number of carbonyl (C=O) groups is 1.